The Morgan fingerprint density at radius 2 is 2.04 bits per heavy atom. The first-order valence-electron chi connectivity index (χ1n) is 10.5. The van der Waals surface area contributed by atoms with Gasteiger partial charge in [0.05, 0.1) is 17.1 Å². The van der Waals surface area contributed by atoms with Crippen molar-refractivity contribution < 1.29 is 28.9 Å². The van der Waals surface area contributed by atoms with Crippen molar-refractivity contribution in [2.24, 2.45) is 5.41 Å². The maximum atomic E-state index is 12.5. The highest BCUT2D eigenvalue weighted by atomic mass is 16.7. The van der Waals surface area contributed by atoms with E-state index in [1.165, 1.54) is 12.2 Å². The summed E-state index contributed by atoms with van der Waals surface area (Å²) in [6.07, 6.45) is 6.48. The third-order valence-corrected chi connectivity index (χ3v) is 5.38. The summed E-state index contributed by atoms with van der Waals surface area (Å²) in [5.74, 6) is -0.691. The summed E-state index contributed by atoms with van der Waals surface area (Å²) in [7, 11) is 0. The second-order valence-electron chi connectivity index (χ2n) is 9.27. The number of carbonyl (C=O) groups is 2. The smallest absolute Gasteiger partial charge is 0.313 e. The van der Waals surface area contributed by atoms with Crippen LogP contribution in [0.25, 0.3) is 0 Å². The molecule has 6 nitrogen and oxygen atoms in total. The summed E-state index contributed by atoms with van der Waals surface area (Å²) in [5, 5.41) is 11.0. The van der Waals surface area contributed by atoms with Crippen LogP contribution in [0.15, 0.2) is 12.2 Å². The third kappa shape index (κ3) is 6.13. The van der Waals surface area contributed by atoms with Gasteiger partial charge in [-0.15, -0.1) is 0 Å². The quantitative estimate of drug-likeness (QED) is 0.545. The number of rotatable bonds is 6. The number of esters is 1. The molecule has 1 unspecified atom stereocenters. The van der Waals surface area contributed by atoms with Crippen LogP contribution in [0, 0.1) is 5.41 Å². The number of aliphatic hydroxyl groups is 1. The Balaban J connectivity index is 2.12. The average molecular weight is 397 g/mol. The molecule has 0 aromatic rings. The van der Waals surface area contributed by atoms with Gasteiger partial charge < -0.3 is 19.3 Å². The minimum Gasteiger partial charge on any atom is -0.431 e. The minimum absolute atomic E-state index is 0.0107. The van der Waals surface area contributed by atoms with Crippen LogP contribution in [0.5, 0.6) is 0 Å². The molecule has 2 aliphatic rings. The van der Waals surface area contributed by atoms with Gasteiger partial charge in [0.15, 0.2) is 11.9 Å². The van der Waals surface area contributed by atoms with Gasteiger partial charge in [0.1, 0.15) is 6.10 Å². The van der Waals surface area contributed by atoms with Crippen molar-refractivity contribution in [3.05, 3.63) is 12.2 Å². The van der Waals surface area contributed by atoms with Gasteiger partial charge in [0.25, 0.3) is 0 Å². The van der Waals surface area contributed by atoms with Gasteiger partial charge in [-0.2, -0.15) is 0 Å². The van der Waals surface area contributed by atoms with Crippen LogP contribution in [0.4, 0.5) is 0 Å². The van der Waals surface area contributed by atoms with E-state index >= 15 is 0 Å². The van der Waals surface area contributed by atoms with Gasteiger partial charge in [0.2, 0.25) is 6.29 Å². The largest absolute Gasteiger partial charge is 0.431 e. The molecule has 6 heteroatoms. The summed E-state index contributed by atoms with van der Waals surface area (Å²) in [6.45, 7) is 9.11. The average Bonchev–Trinajstić information content (AvgIpc) is 2.74. The zero-order chi connectivity index (χ0) is 20.9. The lowest BCUT2D eigenvalue weighted by Crippen LogP contribution is -2.54. The normalized spacial score (nSPS) is 34.1. The zero-order valence-corrected chi connectivity index (χ0v) is 17.9. The summed E-state index contributed by atoms with van der Waals surface area (Å²) >= 11 is 0. The standard InChI is InChI=1S/C22H36O6/c1-6-7-8-10-15-11-9-14-22(5,25)19(26-15)18-16(23)12-13-17(27-18)28-20(24)21(2,3)4/h12-13,15,17-19,25H,6-11,14H2,1-5H3/t15-,17?,18+,19+,22-/m1/s1. The Labute approximate surface area is 168 Å². The summed E-state index contributed by atoms with van der Waals surface area (Å²) in [5.41, 5.74) is -1.87. The highest BCUT2D eigenvalue weighted by Crippen LogP contribution is 2.34. The van der Waals surface area contributed by atoms with Crippen LogP contribution in [0.3, 0.4) is 0 Å². The SMILES string of the molecule is CCCCC[C@@H]1CCC[C@@](C)(O)[C@H]([C@H]2OC(OC(=O)C(C)(C)C)C=CC2=O)O1. The van der Waals surface area contributed by atoms with Crippen molar-refractivity contribution >= 4 is 11.8 Å². The number of ketones is 1. The first kappa shape index (κ1) is 23.0. The highest BCUT2D eigenvalue weighted by Gasteiger charge is 2.47. The fourth-order valence-corrected chi connectivity index (χ4v) is 3.58. The van der Waals surface area contributed by atoms with Crippen LogP contribution in [0.1, 0.15) is 79.6 Å². The van der Waals surface area contributed by atoms with Crippen molar-refractivity contribution in [3.63, 3.8) is 0 Å². The van der Waals surface area contributed by atoms with E-state index in [0.29, 0.717) is 6.42 Å². The number of ether oxygens (including phenoxy) is 3. The molecule has 0 spiro atoms. The van der Waals surface area contributed by atoms with Crippen LogP contribution in [-0.4, -0.2) is 47.1 Å². The fraction of sp³-hybridized carbons (Fsp3) is 0.818. The van der Waals surface area contributed by atoms with E-state index in [4.69, 9.17) is 14.2 Å². The molecule has 2 heterocycles. The molecule has 1 N–H and O–H groups in total. The molecular weight excluding hydrogens is 360 g/mol. The number of hydrogen-bond donors (Lipinski definition) is 1. The van der Waals surface area contributed by atoms with Crippen LogP contribution >= 0.6 is 0 Å². The van der Waals surface area contributed by atoms with Gasteiger partial charge in [-0.25, -0.2) is 0 Å². The lowest BCUT2D eigenvalue weighted by atomic mass is 9.88. The Kier molecular flexibility index (Phi) is 7.82. The van der Waals surface area contributed by atoms with Gasteiger partial charge in [-0.3, -0.25) is 9.59 Å². The summed E-state index contributed by atoms with van der Waals surface area (Å²) in [4.78, 5) is 24.7. The van der Waals surface area contributed by atoms with E-state index in [0.717, 1.165) is 38.5 Å². The lowest BCUT2D eigenvalue weighted by molar-refractivity contribution is -0.222. The van der Waals surface area contributed by atoms with Crippen molar-refractivity contribution in [2.75, 3.05) is 0 Å². The molecule has 0 bridgehead atoms. The molecule has 0 saturated carbocycles. The van der Waals surface area contributed by atoms with E-state index in [2.05, 4.69) is 6.92 Å². The van der Waals surface area contributed by atoms with Gasteiger partial charge in [0, 0.05) is 0 Å². The maximum Gasteiger partial charge on any atom is 0.313 e. The van der Waals surface area contributed by atoms with Gasteiger partial charge >= 0.3 is 5.97 Å². The fourth-order valence-electron chi connectivity index (χ4n) is 3.58. The zero-order valence-electron chi connectivity index (χ0n) is 17.9. The molecule has 5 atom stereocenters. The van der Waals surface area contributed by atoms with Gasteiger partial charge in [-0.1, -0.05) is 26.2 Å². The molecule has 1 saturated heterocycles. The predicted octanol–water partition coefficient (Wildman–Crippen LogP) is 3.69. The van der Waals surface area contributed by atoms with Crippen LogP contribution in [0.2, 0.25) is 0 Å². The lowest BCUT2D eigenvalue weighted by Gasteiger charge is -2.39. The first-order chi connectivity index (χ1) is 13.0. The molecule has 0 aromatic heterocycles. The van der Waals surface area contributed by atoms with Crippen molar-refractivity contribution in [1.29, 1.82) is 0 Å². The second kappa shape index (κ2) is 9.51. The number of hydrogen-bond acceptors (Lipinski definition) is 6. The molecule has 0 radical (unpaired) electrons. The Bertz CT molecular complexity index is 574. The van der Waals surface area contributed by atoms with Crippen LogP contribution in [-0.2, 0) is 23.8 Å². The van der Waals surface area contributed by atoms with Crippen molar-refractivity contribution in [2.45, 2.75) is 110 Å². The van der Waals surface area contributed by atoms with Crippen molar-refractivity contribution in [1.82, 2.24) is 0 Å². The van der Waals surface area contributed by atoms with E-state index in [1.807, 2.05) is 0 Å². The van der Waals surface area contributed by atoms with E-state index in [1.54, 1.807) is 27.7 Å². The Morgan fingerprint density at radius 1 is 1.32 bits per heavy atom. The number of unbranched alkanes of at least 4 members (excludes halogenated alkanes) is 2. The van der Waals surface area contributed by atoms with Gasteiger partial charge in [-0.05, 0) is 65.5 Å². The molecule has 160 valence electrons. The minimum atomic E-state index is -1.19. The first-order valence-corrected chi connectivity index (χ1v) is 10.5. The van der Waals surface area contributed by atoms with E-state index in [-0.39, 0.29) is 11.9 Å². The molecule has 0 aliphatic carbocycles. The maximum absolute atomic E-state index is 12.5. The topological polar surface area (TPSA) is 82.1 Å². The Morgan fingerprint density at radius 3 is 2.68 bits per heavy atom. The Hall–Kier alpha value is -1.24. The van der Waals surface area contributed by atoms with E-state index < -0.39 is 35.5 Å². The highest BCUT2D eigenvalue weighted by molar-refractivity contribution is 5.95. The van der Waals surface area contributed by atoms with Crippen LogP contribution < -0.4 is 0 Å². The summed E-state index contributed by atoms with van der Waals surface area (Å²) < 4.78 is 17.4. The molecule has 28 heavy (non-hydrogen) atoms. The summed E-state index contributed by atoms with van der Waals surface area (Å²) in [6, 6.07) is 0. The molecule has 2 aliphatic heterocycles. The van der Waals surface area contributed by atoms with E-state index in [9.17, 15) is 14.7 Å². The molecular formula is C22H36O6. The molecule has 2 rings (SSSR count). The third-order valence-electron chi connectivity index (χ3n) is 5.38. The predicted molar refractivity (Wildman–Crippen MR) is 106 cm³/mol. The second-order valence-corrected chi connectivity index (χ2v) is 9.27. The molecule has 0 amide bonds. The number of carbonyl (C=O) groups excluding carboxylic acids is 2. The molecule has 0 aromatic carbocycles. The van der Waals surface area contributed by atoms with Crippen molar-refractivity contribution in [3.8, 4) is 0 Å². The molecule has 1 fully saturated rings. The monoisotopic (exact) mass is 396 g/mol.